The van der Waals surface area contributed by atoms with Gasteiger partial charge in [0.2, 0.25) is 0 Å². The number of anilines is 3. The van der Waals surface area contributed by atoms with Crippen LogP contribution < -0.4 is 4.90 Å². The summed E-state index contributed by atoms with van der Waals surface area (Å²) < 4.78 is 0. The van der Waals surface area contributed by atoms with Crippen LogP contribution in [0.4, 0.5) is 17.1 Å². The third-order valence-electron chi connectivity index (χ3n) is 11.3. The topological polar surface area (TPSA) is 3.24 Å². The van der Waals surface area contributed by atoms with E-state index in [4.69, 9.17) is 0 Å². The fourth-order valence-electron chi connectivity index (χ4n) is 8.36. The fraction of sp³-hybridized carbons (Fsp3) is 0. The molecule has 0 bridgehead atoms. The van der Waals surface area contributed by atoms with Gasteiger partial charge in [-0.15, -0.1) is 0 Å². The molecule has 0 saturated heterocycles. The molecule has 0 radical (unpaired) electrons. The van der Waals surface area contributed by atoms with Gasteiger partial charge >= 0.3 is 0 Å². The molecule has 1 nitrogen and oxygen atoms in total. The monoisotopic (exact) mass is 751 g/mol. The molecule has 0 atom stereocenters. The molecule has 10 rings (SSSR count). The van der Waals surface area contributed by atoms with Gasteiger partial charge in [0.1, 0.15) is 0 Å². The molecule has 0 aromatic heterocycles. The Morgan fingerprint density at radius 2 is 0.458 bits per heavy atom. The number of hydrogen-bond donors (Lipinski definition) is 0. The van der Waals surface area contributed by atoms with E-state index in [0.29, 0.717) is 0 Å². The molecule has 0 unspecified atom stereocenters. The zero-order valence-electron chi connectivity index (χ0n) is 32.6. The second-order valence-corrected chi connectivity index (χ2v) is 14.9. The molecule has 10 aromatic rings. The largest absolute Gasteiger partial charge is 0.311 e. The first-order valence-electron chi connectivity index (χ1n) is 20.3. The van der Waals surface area contributed by atoms with Crippen LogP contribution in [0.25, 0.3) is 77.5 Å². The van der Waals surface area contributed by atoms with Gasteiger partial charge in [-0.3, -0.25) is 0 Å². The lowest BCUT2D eigenvalue weighted by Crippen LogP contribution is -2.09. The van der Waals surface area contributed by atoms with E-state index >= 15 is 0 Å². The first-order chi connectivity index (χ1) is 29.3. The molecule has 59 heavy (non-hydrogen) atoms. The van der Waals surface area contributed by atoms with Crippen molar-refractivity contribution >= 4 is 27.8 Å². The van der Waals surface area contributed by atoms with Crippen molar-refractivity contribution in [2.24, 2.45) is 0 Å². The van der Waals surface area contributed by atoms with Crippen LogP contribution in [-0.2, 0) is 0 Å². The molecule has 0 aliphatic heterocycles. The van der Waals surface area contributed by atoms with Crippen LogP contribution in [0.3, 0.4) is 0 Å². The lowest BCUT2D eigenvalue weighted by atomic mass is 9.91. The summed E-state index contributed by atoms with van der Waals surface area (Å²) in [6, 6.07) is 89.7. The summed E-state index contributed by atoms with van der Waals surface area (Å²) >= 11 is 0. The minimum absolute atomic E-state index is 1.09. The molecule has 10 aromatic carbocycles. The Balaban J connectivity index is 1.02. The molecule has 0 fully saturated rings. The van der Waals surface area contributed by atoms with Crippen molar-refractivity contribution in [3.05, 3.63) is 249 Å². The number of benzene rings is 10. The van der Waals surface area contributed by atoms with Gasteiger partial charge in [-0.25, -0.2) is 0 Å². The van der Waals surface area contributed by atoms with Gasteiger partial charge in [0, 0.05) is 17.1 Å². The maximum absolute atomic E-state index is 2.36. The third-order valence-corrected chi connectivity index (χ3v) is 11.3. The zero-order valence-corrected chi connectivity index (χ0v) is 32.6. The summed E-state index contributed by atoms with van der Waals surface area (Å²) in [5.41, 5.74) is 17.8. The average molecular weight is 752 g/mol. The molecular weight excluding hydrogens is 711 g/mol. The minimum atomic E-state index is 1.09. The number of fused-ring (bicyclic) bond motifs is 1. The lowest BCUT2D eigenvalue weighted by Gasteiger charge is -2.26. The highest BCUT2D eigenvalue weighted by molar-refractivity contribution is 6.06. The molecule has 0 heterocycles. The second kappa shape index (κ2) is 16.0. The summed E-state index contributed by atoms with van der Waals surface area (Å²) in [4.78, 5) is 2.36. The Labute approximate surface area is 346 Å². The van der Waals surface area contributed by atoms with Gasteiger partial charge in [-0.2, -0.15) is 0 Å². The Morgan fingerprint density at radius 3 is 0.881 bits per heavy atom. The van der Waals surface area contributed by atoms with E-state index in [1.54, 1.807) is 0 Å². The van der Waals surface area contributed by atoms with Gasteiger partial charge in [0.15, 0.2) is 0 Å². The third kappa shape index (κ3) is 7.23. The van der Waals surface area contributed by atoms with E-state index in [0.717, 1.165) is 17.1 Å². The van der Waals surface area contributed by atoms with Crippen LogP contribution in [0.1, 0.15) is 0 Å². The van der Waals surface area contributed by atoms with Crippen molar-refractivity contribution in [2.75, 3.05) is 4.90 Å². The van der Waals surface area contributed by atoms with Crippen LogP contribution in [0, 0.1) is 0 Å². The molecule has 0 spiro atoms. The zero-order chi connectivity index (χ0) is 39.4. The highest BCUT2D eigenvalue weighted by atomic mass is 15.1. The Kier molecular flexibility index (Phi) is 9.68. The Morgan fingerprint density at radius 1 is 0.186 bits per heavy atom. The van der Waals surface area contributed by atoms with Gasteiger partial charge < -0.3 is 4.90 Å². The van der Waals surface area contributed by atoms with Crippen molar-refractivity contribution in [3.63, 3.8) is 0 Å². The smallest absolute Gasteiger partial charge is 0.0462 e. The van der Waals surface area contributed by atoms with Gasteiger partial charge in [-0.1, -0.05) is 212 Å². The van der Waals surface area contributed by atoms with E-state index in [1.165, 1.54) is 77.5 Å². The molecule has 278 valence electrons. The van der Waals surface area contributed by atoms with E-state index in [2.05, 4.69) is 254 Å². The predicted molar refractivity (Wildman–Crippen MR) is 251 cm³/mol. The van der Waals surface area contributed by atoms with Crippen LogP contribution in [-0.4, -0.2) is 0 Å². The second-order valence-electron chi connectivity index (χ2n) is 14.9. The highest BCUT2D eigenvalue weighted by Crippen LogP contribution is 2.41. The molecule has 0 amide bonds. The Bertz CT molecular complexity index is 2970. The predicted octanol–water partition coefficient (Wildman–Crippen LogP) is 16.3. The maximum atomic E-state index is 2.36. The van der Waals surface area contributed by atoms with Crippen molar-refractivity contribution in [2.45, 2.75) is 0 Å². The van der Waals surface area contributed by atoms with E-state index in [-0.39, 0.29) is 0 Å². The van der Waals surface area contributed by atoms with E-state index in [1.807, 2.05) is 0 Å². The van der Waals surface area contributed by atoms with Gasteiger partial charge in [0.25, 0.3) is 0 Å². The molecule has 0 aliphatic carbocycles. The molecule has 0 N–H and O–H groups in total. The van der Waals surface area contributed by atoms with Crippen LogP contribution in [0.2, 0.25) is 0 Å². The maximum Gasteiger partial charge on any atom is 0.0462 e. The Hall–Kier alpha value is -7.74. The summed E-state index contributed by atoms with van der Waals surface area (Å²) in [5.74, 6) is 0. The summed E-state index contributed by atoms with van der Waals surface area (Å²) in [7, 11) is 0. The molecular formula is C58H41N. The summed E-state index contributed by atoms with van der Waals surface area (Å²) in [6.45, 7) is 0. The number of hydrogen-bond acceptors (Lipinski definition) is 1. The van der Waals surface area contributed by atoms with Gasteiger partial charge in [-0.05, 0) is 114 Å². The standard InChI is InChI=1S/C58H41N/c1-4-14-42(15-5-1)44-26-28-47(29-27-44)54-22-10-11-23-55(54)48-32-38-52(39-33-48)59(51-36-30-45(31-37-51)43-16-6-2-7-17-43)53-40-34-49(35-41-53)57-25-13-21-50-20-12-24-56(58(50)57)46-18-8-3-9-19-46/h1-41H. The van der Waals surface area contributed by atoms with Crippen molar-refractivity contribution in [1.29, 1.82) is 0 Å². The lowest BCUT2D eigenvalue weighted by molar-refractivity contribution is 1.28. The first kappa shape index (κ1) is 35.7. The SMILES string of the molecule is c1ccc(-c2ccc(-c3ccccc3-c3ccc(N(c4ccc(-c5ccccc5)cc4)c4ccc(-c5cccc6cccc(-c7ccccc7)c56)cc4)cc3)cc2)cc1. The number of rotatable bonds is 9. The van der Waals surface area contributed by atoms with Gasteiger partial charge in [0.05, 0.1) is 0 Å². The highest BCUT2D eigenvalue weighted by Gasteiger charge is 2.16. The fourth-order valence-corrected chi connectivity index (χ4v) is 8.36. The van der Waals surface area contributed by atoms with E-state index < -0.39 is 0 Å². The summed E-state index contributed by atoms with van der Waals surface area (Å²) in [6.07, 6.45) is 0. The van der Waals surface area contributed by atoms with E-state index in [9.17, 15) is 0 Å². The van der Waals surface area contributed by atoms with Crippen LogP contribution in [0.15, 0.2) is 249 Å². The number of nitrogens with zero attached hydrogens (tertiary/aromatic N) is 1. The van der Waals surface area contributed by atoms with Crippen molar-refractivity contribution < 1.29 is 0 Å². The average Bonchev–Trinajstić information content (AvgIpc) is 3.33. The molecule has 0 saturated carbocycles. The van der Waals surface area contributed by atoms with Crippen molar-refractivity contribution in [3.8, 4) is 66.8 Å². The normalized spacial score (nSPS) is 11.1. The van der Waals surface area contributed by atoms with Crippen LogP contribution >= 0.6 is 0 Å². The first-order valence-corrected chi connectivity index (χ1v) is 20.3. The van der Waals surface area contributed by atoms with Crippen LogP contribution in [0.5, 0.6) is 0 Å². The quantitative estimate of drug-likeness (QED) is 0.142. The van der Waals surface area contributed by atoms with Crippen molar-refractivity contribution in [1.82, 2.24) is 0 Å². The molecule has 1 heteroatoms. The minimum Gasteiger partial charge on any atom is -0.311 e. The summed E-state index contributed by atoms with van der Waals surface area (Å²) in [5, 5.41) is 2.50. The molecule has 0 aliphatic rings.